The lowest BCUT2D eigenvalue weighted by Crippen LogP contribution is -2.32. The first-order valence-electron chi connectivity index (χ1n) is 7.21. The molecule has 0 bridgehead atoms. The normalized spacial score (nSPS) is 27.2. The first-order valence-corrected chi connectivity index (χ1v) is 9.23. The van der Waals surface area contributed by atoms with Gasteiger partial charge in [0.1, 0.15) is 18.2 Å². The largest absolute Gasteiger partial charge is 0.382 e. The van der Waals surface area contributed by atoms with Gasteiger partial charge in [0, 0.05) is 12.9 Å². The number of nitrogen functional groups attached to an aromatic ring is 1. The van der Waals surface area contributed by atoms with Gasteiger partial charge >= 0.3 is 7.60 Å². The maximum absolute atomic E-state index is 11.3. The summed E-state index contributed by atoms with van der Waals surface area (Å²) < 4.78 is 22.1. The van der Waals surface area contributed by atoms with E-state index in [1.54, 1.807) is 13.1 Å². The van der Waals surface area contributed by atoms with Crippen LogP contribution in [0, 0.1) is 0 Å². The third-order valence-electron chi connectivity index (χ3n) is 3.38. The van der Waals surface area contributed by atoms with Crippen molar-refractivity contribution in [3.8, 4) is 0 Å². The molecule has 1 aromatic heterocycles. The lowest BCUT2D eigenvalue weighted by atomic mass is 10.0. The fourth-order valence-electron chi connectivity index (χ4n) is 2.27. The number of nitrogens with one attached hydrogen (secondary N) is 1. The van der Waals surface area contributed by atoms with Gasteiger partial charge in [0.05, 0.1) is 12.2 Å². The van der Waals surface area contributed by atoms with E-state index in [-0.39, 0.29) is 18.7 Å². The minimum atomic E-state index is -3.53. The van der Waals surface area contributed by atoms with Gasteiger partial charge in [-0.2, -0.15) is 0 Å². The summed E-state index contributed by atoms with van der Waals surface area (Å²) in [6.45, 7) is 4.81. The molecule has 0 radical (unpaired) electrons. The highest BCUT2D eigenvalue weighted by Crippen LogP contribution is 2.41. The van der Waals surface area contributed by atoms with Crippen molar-refractivity contribution in [2.45, 2.75) is 38.5 Å². The van der Waals surface area contributed by atoms with Crippen molar-refractivity contribution >= 4 is 31.1 Å². The van der Waals surface area contributed by atoms with Gasteiger partial charge in [-0.25, -0.2) is 9.97 Å². The number of aliphatic imine (C=N–C) groups is 1. The maximum Gasteiger partial charge on any atom is 0.325 e. The van der Waals surface area contributed by atoms with E-state index in [2.05, 4.69) is 20.3 Å². The molecule has 128 valence electrons. The Bertz CT molecular complexity index is 635. The monoisotopic (exact) mass is 343 g/mol. The molecule has 0 saturated carbocycles. The molecule has 1 fully saturated rings. The van der Waals surface area contributed by atoms with Gasteiger partial charge in [-0.15, -0.1) is 0 Å². The Labute approximate surface area is 134 Å². The summed E-state index contributed by atoms with van der Waals surface area (Å²) in [6.07, 6.45) is 4.01. The fourth-order valence-corrected chi connectivity index (χ4v) is 2.78. The van der Waals surface area contributed by atoms with E-state index in [0.717, 1.165) is 6.66 Å². The zero-order valence-corrected chi connectivity index (χ0v) is 14.3. The third-order valence-corrected chi connectivity index (χ3v) is 3.99. The number of hydrogen-bond acceptors (Lipinski definition) is 8. The molecule has 1 saturated heterocycles. The Morgan fingerprint density at radius 1 is 1.70 bits per heavy atom. The van der Waals surface area contributed by atoms with Crippen LogP contribution >= 0.6 is 7.60 Å². The van der Waals surface area contributed by atoms with Crippen LogP contribution in [0.3, 0.4) is 0 Å². The molecular weight excluding hydrogens is 321 g/mol. The second-order valence-electron chi connectivity index (χ2n) is 5.66. The van der Waals surface area contributed by atoms with E-state index >= 15 is 0 Å². The van der Waals surface area contributed by atoms with Crippen LogP contribution in [0.4, 0.5) is 17.3 Å². The minimum absolute atomic E-state index is 0.0430. The van der Waals surface area contributed by atoms with Crippen molar-refractivity contribution in [3.05, 3.63) is 6.33 Å². The smallest absolute Gasteiger partial charge is 0.325 e. The van der Waals surface area contributed by atoms with E-state index in [9.17, 15) is 9.46 Å². The molecule has 1 unspecified atom stereocenters. The van der Waals surface area contributed by atoms with Crippen LogP contribution in [0.5, 0.6) is 0 Å². The molecule has 0 aromatic carbocycles. The van der Waals surface area contributed by atoms with E-state index in [1.165, 1.54) is 6.33 Å². The summed E-state index contributed by atoms with van der Waals surface area (Å²) in [5.74, 6) is 0.756. The standard InChI is InChI=1S/C13H22N5O4P/c1-4-15-10-11(14)16-8-17-12(10)18-9-5-6-13(2,22-9)7-21-23(3,19)20/h4,8-9H,5-7H2,1-3H3,(H,19,20)(H3,14,16,17,18)/b15-4-/t9-,13+/m1/s1. The molecule has 1 aliphatic rings. The van der Waals surface area contributed by atoms with Gasteiger partial charge < -0.3 is 25.2 Å². The lowest BCUT2D eigenvalue weighted by Gasteiger charge is -2.25. The van der Waals surface area contributed by atoms with Crippen LogP contribution in [0.15, 0.2) is 11.3 Å². The third kappa shape index (κ3) is 4.97. The predicted octanol–water partition coefficient (Wildman–Crippen LogP) is 1.92. The first-order chi connectivity index (χ1) is 10.7. The van der Waals surface area contributed by atoms with Crippen molar-refractivity contribution in [2.24, 2.45) is 4.99 Å². The topological polar surface area (TPSA) is 132 Å². The van der Waals surface area contributed by atoms with Gasteiger partial charge in [-0.05, 0) is 26.7 Å². The van der Waals surface area contributed by atoms with E-state index < -0.39 is 13.2 Å². The molecule has 2 heterocycles. The number of anilines is 2. The average molecular weight is 343 g/mol. The Kier molecular flexibility index (Phi) is 5.36. The van der Waals surface area contributed by atoms with Crippen molar-refractivity contribution in [3.63, 3.8) is 0 Å². The number of aromatic nitrogens is 2. The molecule has 23 heavy (non-hydrogen) atoms. The summed E-state index contributed by atoms with van der Waals surface area (Å²) >= 11 is 0. The van der Waals surface area contributed by atoms with Gasteiger partial charge in [0.2, 0.25) is 0 Å². The molecule has 2 rings (SSSR count). The molecular formula is C13H22N5O4P. The van der Waals surface area contributed by atoms with Crippen LogP contribution in [0.1, 0.15) is 26.7 Å². The summed E-state index contributed by atoms with van der Waals surface area (Å²) in [6, 6.07) is 0. The van der Waals surface area contributed by atoms with Crippen molar-refractivity contribution in [2.75, 3.05) is 24.3 Å². The molecule has 4 N–H and O–H groups in total. The second-order valence-corrected chi connectivity index (χ2v) is 7.52. The molecule has 0 amide bonds. The minimum Gasteiger partial charge on any atom is -0.382 e. The van der Waals surface area contributed by atoms with Gasteiger partial charge in [0.25, 0.3) is 0 Å². The van der Waals surface area contributed by atoms with Crippen LogP contribution in [0.2, 0.25) is 0 Å². The Morgan fingerprint density at radius 3 is 3.09 bits per heavy atom. The van der Waals surface area contributed by atoms with E-state index in [0.29, 0.717) is 24.3 Å². The molecule has 0 spiro atoms. The number of nitrogens with zero attached hydrogens (tertiary/aromatic N) is 3. The highest BCUT2D eigenvalue weighted by molar-refractivity contribution is 7.51. The molecule has 1 aliphatic heterocycles. The van der Waals surface area contributed by atoms with Gasteiger partial charge in [-0.3, -0.25) is 9.56 Å². The van der Waals surface area contributed by atoms with Crippen LogP contribution in [-0.2, 0) is 13.8 Å². The SMILES string of the molecule is C/C=N\c1c(N)ncnc1N[C@H]1CC[C@@](C)(COP(C)(=O)O)O1. The van der Waals surface area contributed by atoms with Gasteiger partial charge in [0.15, 0.2) is 11.6 Å². The lowest BCUT2D eigenvalue weighted by molar-refractivity contribution is -0.0468. The number of rotatable bonds is 6. The molecule has 0 aliphatic carbocycles. The second kappa shape index (κ2) is 6.92. The molecule has 1 aromatic rings. The van der Waals surface area contributed by atoms with E-state index in [1.807, 2.05) is 6.92 Å². The Hall–Kier alpha value is -1.54. The highest BCUT2D eigenvalue weighted by atomic mass is 31.2. The number of ether oxygens (including phenoxy) is 1. The predicted molar refractivity (Wildman–Crippen MR) is 88.1 cm³/mol. The Morgan fingerprint density at radius 2 is 2.43 bits per heavy atom. The van der Waals surface area contributed by atoms with E-state index in [4.69, 9.17) is 15.0 Å². The quantitative estimate of drug-likeness (QED) is 0.527. The van der Waals surface area contributed by atoms with Crippen molar-refractivity contribution in [1.29, 1.82) is 0 Å². The zero-order chi connectivity index (χ0) is 17.1. The Balaban J connectivity index is 2.03. The van der Waals surface area contributed by atoms with Crippen molar-refractivity contribution < 1.29 is 18.7 Å². The zero-order valence-electron chi connectivity index (χ0n) is 13.4. The van der Waals surface area contributed by atoms with Crippen LogP contribution in [0.25, 0.3) is 0 Å². The number of nitrogens with two attached hydrogens (primary N) is 1. The highest BCUT2D eigenvalue weighted by Gasteiger charge is 2.38. The molecule has 10 heteroatoms. The summed E-state index contributed by atoms with van der Waals surface area (Å²) in [4.78, 5) is 21.5. The van der Waals surface area contributed by atoms with Crippen LogP contribution in [-0.4, -0.2) is 46.2 Å². The summed E-state index contributed by atoms with van der Waals surface area (Å²) in [5.41, 5.74) is 5.62. The average Bonchev–Trinajstić information content (AvgIpc) is 2.82. The summed E-state index contributed by atoms with van der Waals surface area (Å²) in [7, 11) is -3.53. The van der Waals surface area contributed by atoms with Crippen molar-refractivity contribution in [1.82, 2.24) is 9.97 Å². The molecule has 9 nitrogen and oxygen atoms in total. The fraction of sp³-hybridized carbons (Fsp3) is 0.615. The summed E-state index contributed by atoms with van der Waals surface area (Å²) in [5, 5.41) is 3.13. The number of hydrogen-bond donors (Lipinski definition) is 3. The first kappa shape index (κ1) is 17.8. The maximum atomic E-state index is 11.3. The van der Waals surface area contributed by atoms with Gasteiger partial charge in [-0.1, -0.05) is 0 Å². The van der Waals surface area contributed by atoms with Crippen LogP contribution < -0.4 is 11.1 Å². The molecule has 3 atom stereocenters.